The van der Waals surface area contributed by atoms with Crippen molar-refractivity contribution in [3.8, 4) is 17.0 Å². The maximum absolute atomic E-state index is 14.0. The number of nitrogens with two attached hydrogens (primary N) is 1. The standard InChI is InChI=1S/C26H35FN4O4/c1-17-13-21(27)22(28)16-20(17)18-14-23(30-9-11-33-12-10-30)29-24(15-18)34-19-5-7-31(8-6-19)25(32)35-26(2,3)4/h13-16,19H,5-12,28H2,1-4H3. The minimum Gasteiger partial charge on any atom is -0.474 e. The summed E-state index contributed by atoms with van der Waals surface area (Å²) in [5.41, 5.74) is 7.95. The number of nitrogens with zero attached hydrogens (tertiary/aromatic N) is 3. The zero-order valence-corrected chi connectivity index (χ0v) is 21.0. The highest BCUT2D eigenvalue weighted by Crippen LogP contribution is 2.33. The monoisotopic (exact) mass is 486 g/mol. The number of morpholine rings is 1. The molecule has 1 aromatic carbocycles. The van der Waals surface area contributed by atoms with Crippen molar-refractivity contribution in [2.45, 2.75) is 52.2 Å². The fourth-order valence-electron chi connectivity index (χ4n) is 4.32. The average Bonchev–Trinajstić information content (AvgIpc) is 2.81. The van der Waals surface area contributed by atoms with Crippen molar-refractivity contribution in [2.24, 2.45) is 0 Å². The molecule has 9 heteroatoms. The van der Waals surface area contributed by atoms with Gasteiger partial charge in [0.25, 0.3) is 0 Å². The van der Waals surface area contributed by atoms with Gasteiger partial charge in [0.1, 0.15) is 23.3 Å². The number of hydrogen-bond acceptors (Lipinski definition) is 7. The molecule has 0 atom stereocenters. The third-order valence-electron chi connectivity index (χ3n) is 6.16. The molecule has 0 saturated carbocycles. The van der Waals surface area contributed by atoms with Crippen LogP contribution in [0.4, 0.5) is 20.7 Å². The van der Waals surface area contributed by atoms with E-state index in [9.17, 15) is 9.18 Å². The number of pyridine rings is 1. The summed E-state index contributed by atoms with van der Waals surface area (Å²) in [7, 11) is 0. The molecule has 35 heavy (non-hydrogen) atoms. The number of benzene rings is 1. The molecule has 2 aromatic rings. The van der Waals surface area contributed by atoms with Crippen molar-refractivity contribution in [3.63, 3.8) is 0 Å². The molecule has 2 N–H and O–H groups in total. The van der Waals surface area contributed by atoms with E-state index in [1.54, 1.807) is 11.0 Å². The molecule has 0 aliphatic carbocycles. The van der Waals surface area contributed by atoms with Crippen LogP contribution in [0.2, 0.25) is 0 Å². The van der Waals surface area contributed by atoms with Gasteiger partial charge in [0, 0.05) is 45.1 Å². The smallest absolute Gasteiger partial charge is 0.410 e. The van der Waals surface area contributed by atoms with Crippen LogP contribution in [0.1, 0.15) is 39.2 Å². The number of aryl methyl sites for hydroxylation is 1. The molecule has 2 fully saturated rings. The van der Waals surface area contributed by atoms with E-state index < -0.39 is 11.4 Å². The van der Waals surface area contributed by atoms with Crippen molar-refractivity contribution in [2.75, 3.05) is 50.0 Å². The molecule has 1 amide bonds. The Morgan fingerprint density at radius 1 is 1.11 bits per heavy atom. The van der Waals surface area contributed by atoms with Gasteiger partial charge < -0.3 is 29.7 Å². The maximum atomic E-state index is 14.0. The van der Waals surface area contributed by atoms with Crippen molar-refractivity contribution in [1.82, 2.24) is 9.88 Å². The zero-order valence-electron chi connectivity index (χ0n) is 21.0. The Labute approximate surface area is 206 Å². The van der Waals surface area contributed by atoms with Crippen LogP contribution in [0.25, 0.3) is 11.1 Å². The number of hydrogen-bond donors (Lipinski definition) is 1. The number of amides is 1. The maximum Gasteiger partial charge on any atom is 0.410 e. The van der Waals surface area contributed by atoms with E-state index in [1.165, 1.54) is 6.07 Å². The molecular formula is C26H35FN4O4. The molecule has 0 unspecified atom stereocenters. The summed E-state index contributed by atoms with van der Waals surface area (Å²) < 4.78 is 31.3. The molecule has 4 rings (SSSR count). The number of rotatable bonds is 4. The number of aromatic nitrogens is 1. The van der Waals surface area contributed by atoms with E-state index in [0.29, 0.717) is 45.0 Å². The first-order valence-electron chi connectivity index (χ1n) is 12.1. The van der Waals surface area contributed by atoms with Gasteiger partial charge in [-0.05, 0) is 62.6 Å². The van der Waals surface area contributed by atoms with Gasteiger partial charge in [-0.3, -0.25) is 0 Å². The van der Waals surface area contributed by atoms with Gasteiger partial charge in [-0.25, -0.2) is 9.18 Å². The normalized spacial score (nSPS) is 17.4. The Hall–Kier alpha value is -3.07. The molecule has 0 radical (unpaired) electrons. The Kier molecular flexibility index (Phi) is 7.35. The molecule has 2 aliphatic heterocycles. The number of nitrogen functional groups attached to an aromatic ring is 1. The van der Waals surface area contributed by atoms with Crippen LogP contribution < -0.4 is 15.4 Å². The molecule has 8 nitrogen and oxygen atoms in total. The Morgan fingerprint density at radius 2 is 1.80 bits per heavy atom. The SMILES string of the molecule is Cc1cc(F)c(N)cc1-c1cc(OC2CCN(C(=O)OC(C)(C)C)CC2)nc(N2CCOCC2)c1. The fraction of sp³-hybridized carbons (Fsp3) is 0.538. The van der Waals surface area contributed by atoms with Gasteiger partial charge in [-0.1, -0.05) is 0 Å². The van der Waals surface area contributed by atoms with Crippen LogP contribution in [0, 0.1) is 12.7 Å². The van der Waals surface area contributed by atoms with E-state index in [0.717, 1.165) is 35.6 Å². The van der Waals surface area contributed by atoms with Gasteiger partial charge in [-0.2, -0.15) is 4.98 Å². The summed E-state index contributed by atoms with van der Waals surface area (Å²) in [6, 6.07) is 6.98. The lowest BCUT2D eigenvalue weighted by molar-refractivity contribution is 0.0123. The zero-order chi connectivity index (χ0) is 25.2. The van der Waals surface area contributed by atoms with Crippen molar-refractivity contribution < 1.29 is 23.4 Å². The van der Waals surface area contributed by atoms with E-state index in [1.807, 2.05) is 39.8 Å². The summed E-state index contributed by atoms with van der Waals surface area (Å²) in [5, 5.41) is 0. The predicted molar refractivity (Wildman–Crippen MR) is 133 cm³/mol. The highest BCUT2D eigenvalue weighted by molar-refractivity contribution is 5.74. The molecule has 0 spiro atoms. The third kappa shape index (κ3) is 6.33. The minimum absolute atomic E-state index is 0.0756. The van der Waals surface area contributed by atoms with E-state index in [2.05, 4.69) is 4.90 Å². The van der Waals surface area contributed by atoms with Crippen molar-refractivity contribution >= 4 is 17.6 Å². The second-order valence-electron chi connectivity index (χ2n) is 10.1. The van der Waals surface area contributed by atoms with Crippen LogP contribution in [-0.2, 0) is 9.47 Å². The largest absolute Gasteiger partial charge is 0.474 e. The second-order valence-corrected chi connectivity index (χ2v) is 10.1. The second kappa shape index (κ2) is 10.3. The van der Waals surface area contributed by atoms with Gasteiger partial charge in [0.15, 0.2) is 0 Å². The van der Waals surface area contributed by atoms with Crippen molar-refractivity contribution in [3.05, 3.63) is 35.6 Å². The van der Waals surface area contributed by atoms with Crippen LogP contribution in [0.3, 0.4) is 0 Å². The lowest BCUT2D eigenvalue weighted by Gasteiger charge is -2.33. The fourth-order valence-corrected chi connectivity index (χ4v) is 4.32. The molecule has 0 bridgehead atoms. The van der Waals surface area contributed by atoms with Crippen molar-refractivity contribution in [1.29, 1.82) is 0 Å². The number of ether oxygens (including phenoxy) is 3. The molecule has 2 saturated heterocycles. The first-order chi connectivity index (χ1) is 16.6. The van der Waals surface area contributed by atoms with Crippen LogP contribution in [0.5, 0.6) is 5.88 Å². The van der Waals surface area contributed by atoms with E-state index >= 15 is 0 Å². The van der Waals surface area contributed by atoms with Crippen LogP contribution in [0.15, 0.2) is 24.3 Å². The van der Waals surface area contributed by atoms with E-state index in [-0.39, 0.29) is 17.9 Å². The first kappa shape index (κ1) is 25.0. The highest BCUT2D eigenvalue weighted by Gasteiger charge is 2.28. The highest BCUT2D eigenvalue weighted by atomic mass is 19.1. The lowest BCUT2D eigenvalue weighted by Crippen LogP contribution is -2.44. The quantitative estimate of drug-likeness (QED) is 0.641. The van der Waals surface area contributed by atoms with Gasteiger partial charge in [0.2, 0.25) is 5.88 Å². The lowest BCUT2D eigenvalue weighted by atomic mass is 10.00. The number of carbonyl (C=O) groups excluding carboxylic acids is 1. The van der Waals surface area contributed by atoms with Gasteiger partial charge in [0.05, 0.1) is 18.9 Å². The molecule has 2 aliphatic rings. The Bertz CT molecular complexity index is 1060. The number of piperidine rings is 1. The molecule has 3 heterocycles. The third-order valence-corrected chi connectivity index (χ3v) is 6.16. The molecular weight excluding hydrogens is 451 g/mol. The van der Waals surface area contributed by atoms with Gasteiger partial charge >= 0.3 is 6.09 Å². The summed E-state index contributed by atoms with van der Waals surface area (Å²) in [6.45, 7) is 11.3. The molecule has 1 aromatic heterocycles. The summed E-state index contributed by atoms with van der Waals surface area (Å²) in [5.74, 6) is 0.859. The Morgan fingerprint density at radius 3 is 2.46 bits per heavy atom. The van der Waals surface area contributed by atoms with E-state index in [4.69, 9.17) is 24.9 Å². The van der Waals surface area contributed by atoms with Gasteiger partial charge in [-0.15, -0.1) is 0 Å². The summed E-state index contributed by atoms with van der Waals surface area (Å²) in [6.07, 6.45) is 0.990. The number of anilines is 2. The number of halogens is 1. The van der Waals surface area contributed by atoms with Crippen LogP contribution >= 0.6 is 0 Å². The summed E-state index contributed by atoms with van der Waals surface area (Å²) >= 11 is 0. The number of likely N-dealkylation sites (tertiary alicyclic amines) is 1. The predicted octanol–water partition coefficient (Wildman–Crippen LogP) is 4.39. The topological polar surface area (TPSA) is 90.2 Å². The minimum atomic E-state index is -0.521. The average molecular weight is 487 g/mol. The van der Waals surface area contributed by atoms with Crippen LogP contribution in [-0.4, -0.2) is 67.1 Å². The first-order valence-corrected chi connectivity index (χ1v) is 12.1. The molecule has 190 valence electrons. The number of carbonyl (C=O) groups is 1. The summed E-state index contributed by atoms with van der Waals surface area (Å²) in [4.78, 5) is 21.0. The Balaban J connectivity index is 1.54.